The smallest absolute Gasteiger partial charge is 0.0427 e. The van der Waals surface area contributed by atoms with Gasteiger partial charge in [-0.25, -0.2) is 0 Å². The molecule has 271 valence electrons. The Hall–Kier alpha value is -4.28. The van der Waals surface area contributed by atoms with Gasteiger partial charge in [-0.2, -0.15) is 0 Å². The van der Waals surface area contributed by atoms with Crippen molar-refractivity contribution >= 4 is 53.1 Å². The fraction of sp³-hybridized carbons (Fsp3) is 0.271. The molecule has 0 aliphatic rings. The number of nitrogens with zero attached hydrogens (tertiary/aromatic N) is 3. The molecule has 0 aliphatic heterocycles. The van der Waals surface area contributed by atoms with Crippen LogP contribution >= 0.6 is 11.3 Å². The van der Waals surface area contributed by atoms with Crippen LogP contribution in [0.25, 0.3) is 64.2 Å². The summed E-state index contributed by atoms with van der Waals surface area (Å²) in [5, 5.41) is 7.66. The summed E-state index contributed by atoms with van der Waals surface area (Å²) in [7, 11) is 0. The standard InChI is InChI=1S/C34H32NS.C14H15N2.Ir/c1-33(2,3)20-21-11-13-26-23(17-21)12-14-27-28-15-16-35-30(32(28)36-31(26)27)24-18-22-9-7-8-10-25(22)29(19-24)34(4,5)6;1-9-7-14(15-8-10(9)2)13-6-5-11(3)16-12(13)4;/h7-17,19H,20H2,1-6H3;5,7-8H,1-4H3;/q2*-1;/i;1D3,2D3,3D3,4D3;. The van der Waals surface area contributed by atoms with Gasteiger partial charge < -0.3 is 9.97 Å². The molecule has 0 amide bonds. The van der Waals surface area contributed by atoms with Crippen molar-refractivity contribution in [3.05, 3.63) is 137 Å². The normalized spacial score (nSPS) is 16.2. The first kappa shape index (κ1) is 25.7. The molecule has 0 unspecified atom stereocenters. The zero-order valence-electron chi connectivity index (χ0n) is 42.5. The Morgan fingerprint density at radius 3 is 2.30 bits per heavy atom. The largest absolute Gasteiger partial charge is 0.354 e. The summed E-state index contributed by atoms with van der Waals surface area (Å²) in [6, 6.07) is 32.8. The molecule has 3 nitrogen and oxygen atoms in total. The van der Waals surface area contributed by atoms with Crippen LogP contribution in [0.15, 0.2) is 91.3 Å². The molecular formula is C48H47IrN3S-2. The molecule has 0 bridgehead atoms. The van der Waals surface area contributed by atoms with Crippen LogP contribution < -0.4 is 0 Å². The summed E-state index contributed by atoms with van der Waals surface area (Å²) in [6.45, 7) is 2.71. The van der Waals surface area contributed by atoms with Crippen molar-refractivity contribution in [2.45, 2.75) is 80.8 Å². The first-order valence-corrected chi connectivity index (χ1v) is 18.0. The van der Waals surface area contributed by atoms with Gasteiger partial charge in [0.2, 0.25) is 0 Å². The zero-order valence-corrected chi connectivity index (χ0v) is 33.7. The van der Waals surface area contributed by atoms with Crippen LogP contribution in [0.1, 0.15) is 91.6 Å². The second kappa shape index (κ2) is 14.9. The van der Waals surface area contributed by atoms with E-state index in [4.69, 9.17) is 21.4 Å². The van der Waals surface area contributed by atoms with Gasteiger partial charge in [0.1, 0.15) is 0 Å². The Labute approximate surface area is 349 Å². The van der Waals surface area contributed by atoms with E-state index in [-0.39, 0.29) is 42.2 Å². The first-order valence-electron chi connectivity index (χ1n) is 23.1. The SMILES string of the molecule is CC(C)(C)Cc1ccc2c(ccc3c4ccnc(-c5[c-]c6ccccc6c(C(C)(C)C)c5)c4sc23)c1.[2H]C([2H])([2H])c1c[c-]c(-c2cc(C([2H])([2H])[2H])c(C([2H])([2H])[2H])cn2)c(C([2H])([2H])[2H])n1.[Ir]. The minimum atomic E-state index is -2.84. The van der Waals surface area contributed by atoms with Gasteiger partial charge in [0.15, 0.2) is 0 Å². The number of pyridine rings is 3. The van der Waals surface area contributed by atoms with Crippen LogP contribution in [0, 0.1) is 45.0 Å². The Morgan fingerprint density at radius 2 is 1.55 bits per heavy atom. The predicted molar refractivity (Wildman–Crippen MR) is 224 cm³/mol. The van der Waals surface area contributed by atoms with E-state index < -0.39 is 49.9 Å². The molecule has 4 aromatic carbocycles. The van der Waals surface area contributed by atoms with Gasteiger partial charge >= 0.3 is 0 Å². The molecule has 0 N–H and O–H groups in total. The molecule has 0 atom stereocenters. The van der Waals surface area contributed by atoms with Crippen LogP contribution in [0.2, 0.25) is 0 Å². The molecule has 1 radical (unpaired) electrons. The molecule has 8 aromatic rings. The summed E-state index contributed by atoms with van der Waals surface area (Å²) in [5.74, 6) is 0. The fourth-order valence-corrected chi connectivity index (χ4v) is 7.97. The average Bonchev–Trinajstić information content (AvgIpc) is 3.57. The summed E-state index contributed by atoms with van der Waals surface area (Å²) in [5.41, 5.74) is 2.63. The maximum atomic E-state index is 7.62. The van der Waals surface area contributed by atoms with Crippen molar-refractivity contribution in [1.82, 2.24) is 15.0 Å². The van der Waals surface area contributed by atoms with Gasteiger partial charge in [0.25, 0.3) is 0 Å². The topological polar surface area (TPSA) is 38.7 Å². The van der Waals surface area contributed by atoms with E-state index >= 15 is 0 Å². The average molecular weight is 902 g/mol. The van der Waals surface area contributed by atoms with Crippen molar-refractivity contribution in [1.29, 1.82) is 0 Å². The first-order chi connectivity index (χ1) is 29.5. The summed E-state index contributed by atoms with van der Waals surface area (Å²) >= 11 is 1.87. The van der Waals surface area contributed by atoms with Gasteiger partial charge in [-0.15, -0.1) is 58.2 Å². The maximum Gasteiger partial charge on any atom is 0.0427 e. The molecule has 53 heavy (non-hydrogen) atoms. The molecule has 4 aromatic heterocycles. The van der Waals surface area contributed by atoms with E-state index in [2.05, 4.69) is 130 Å². The third-order valence-corrected chi connectivity index (χ3v) is 10.3. The minimum absolute atomic E-state index is 0. The van der Waals surface area contributed by atoms with Gasteiger partial charge in [0, 0.05) is 69.4 Å². The molecule has 0 saturated carbocycles. The minimum Gasteiger partial charge on any atom is -0.354 e. The van der Waals surface area contributed by atoms with E-state index in [9.17, 15) is 0 Å². The van der Waals surface area contributed by atoms with Crippen molar-refractivity contribution in [2.75, 3.05) is 0 Å². The van der Waals surface area contributed by atoms with Crippen LogP contribution in [-0.4, -0.2) is 15.0 Å². The van der Waals surface area contributed by atoms with Crippen LogP contribution in [0.4, 0.5) is 0 Å². The van der Waals surface area contributed by atoms with Crippen molar-refractivity contribution < 1.29 is 36.6 Å². The Balaban J connectivity index is 0.000000220. The van der Waals surface area contributed by atoms with Crippen molar-refractivity contribution in [2.24, 2.45) is 5.41 Å². The summed E-state index contributed by atoms with van der Waals surface area (Å²) < 4.78 is 92.8. The number of fused-ring (bicyclic) bond motifs is 6. The Morgan fingerprint density at radius 1 is 0.755 bits per heavy atom. The summed E-state index contributed by atoms with van der Waals surface area (Å²) in [4.78, 5) is 12.5. The number of rotatable bonds is 3. The molecule has 0 spiro atoms. The van der Waals surface area contributed by atoms with E-state index in [0.717, 1.165) is 41.4 Å². The second-order valence-electron chi connectivity index (χ2n) is 15.4. The zero-order chi connectivity index (χ0) is 46.9. The molecule has 0 saturated heterocycles. The second-order valence-corrected chi connectivity index (χ2v) is 16.4. The van der Waals surface area contributed by atoms with E-state index in [0.29, 0.717) is 0 Å². The monoisotopic (exact) mass is 902 g/mol. The number of aromatic nitrogens is 3. The number of thiophene rings is 1. The quantitative estimate of drug-likeness (QED) is 0.166. The molecule has 8 rings (SSSR count). The predicted octanol–water partition coefficient (Wildman–Crippen LogP) is 13.3. The summed E-state index contributed by atoms with van der Waals surface area (Å²) in [6.07, 6.45) is 3.88. The Bertz CT molecular complexity index is 3060. The number of aryl methyl sites for hydroxylation is 4. The third kappa shape index (κ3) is 7.99. The van der Waals surface area contributed by atoms with Crippen LogP contribution in [-0.2, 0) is 31.9 Å². The maximum absolute atomic E-state index is 7.62. The molecule has 5 heteroatoms. The van der Waals surface area contributed by atoms with Crippen molar-refractivity contribution in [3.8, 4) is 22.5 Å². The Kier molecular flexibility index (Phi) is 7.20. The third-order valence-electron chi connectivity index (χ3n) is 8.99. The molecular weight excluding hydrogens is 843 g/mol. The van der Waals surface area contributed by atoms with Gasteiger partial charge in [0.05, 0.1) is 0 Å². The molecule has 0 fully saturated rings. The van der Waals surface area contributed by atoms with Crippen molar-refractivity contribution in [3.63, 3.8) is 0 Å². The van der Waals surface area contributed by atoms with E-state index in [1.807, 2.05) is 17.5 Å². The molecule has 4 heterocycles. The van der Waals surface area contributed by atoms with E-state index in [1.54, 1.807) is 0 Å². The number of hydrogen-bond donors (Lipinski definition) is 0. The number of benzene rings is 4. The van der Waals surface area contributed by atoms with Gasteiger partial charge in [-0.3, -0.25) is 4.98 Å². The van der Waals surface area contributed by atoms with Gasteiger partial charge in [-0.1, -0.05) is 126 Å². The van der Waals surface area contributed by atoms with E-state index in [1.165, 1.54) is 47.5 Å². The number of hydrogen-bond acceptors (Lipinski definition) is 4. The fourth-order valence-electron chi connectivity index (χ4n) is 6.64. The molecule has 0 aliphatic carbocycles. The van der Waals surface area contributed by atoms with Gasteiger partial charge in [-0.05, 0) is 81.4 Å². The van der Waals surface area contributed by atoms with Crippen LogP contribution in [0.3, 0.4) is 0 Å². The van der Waals surface area contributed by atoms with Crippen LogP contribution in [0.5, 0.6) is 0 Å².